The molecule has 0 atom stereocenters. The molecule has 3 rings (SSSR count). The van der Waals surface area contributed by atoms with Crippen molar-refractivity contribution in [3.63, 3.8) is 0 Å². The summed E-state index contributed by atoms with van der Waals surface area (Å²) in [5.41, 5.74) is 1.54. The zero-order valence-electron chi connectivity index (χ0n) is 14.0. The molecule has 2 aromatic carbocycles. The van der Waals surface area contributed by atoms with Gasteiger partial charge in [0, 0.05) is 24.4 Å². The standard InChI is InChI=1S/C19H12Cl2N2O4/c1-11(24)27-19-17(21)10-16(20)15-8-7-13(22-18(15)19)6-5-12-3-2-4-14(9-12)23(25)26/h2-10H,1H3/b6-5+. The first-order valence-corrected chi connectivity index (χ1v) is 8.50. The summed E-state index contributed by atoms with van der Waals surface area (Å²) in [7, 11) is 0. The molecule has 3 aromatic rings. The van der Waals surface area contributed by atoms with Gasteiger partial charge in [0.05, 0.1) is 20.7 Å². The van der Waals surface area contributed by atoms with Crippen LogP contribution in [0.3, 0.4) is 0 Å². The van der Waals surface area contributed by atoms with Crippen LogP contribution < -0.4 is 4.74 Å². The summed E-state index contributed by atoms with van der Waals surface area (Å²) in [6.45, 7) is 1.27. The van der Waals surface area contributed by atoms with Crippen molar-refractivity contribution in [2.24, 2.45) is 0 Å². The lowest BCUT2D eigenvalue weighted by molar-refractivity contribution is -0.384. The number of benzene rings is 2. The average molecular weight is 403 g/mol. The first kappa shape index (κ1) is 18.8. The molecule has 136 valence electrons. The second-order valence-corrected chi connectivity index (χ2v) is 6.40. The van der Waals surface area contributed by atoms with Crippen LogP contribution in [0.2, 0.25) is 10.0 Å². The van der Waals surface area contributed by atoms with Gasteiger partial charge in [-0.25, -0.2) is 4.98 Å². The summed E-state index contributed by atoms with van der Waals surface area (Å²) < 4.78 is 5.18. The number of halogens is 2. The summed E-state index contributed by atoms with van der Waals surface area (Å²) in [6.07, 6.45) is 3.38. The number of aromatic nitrogens is 1. The van der Waals surface area contributed by atoms with Gasteiger partial charge >= 0.3 is 5.97 Å². The van der Waals surface area contributed by atoms with E-state index in [-0.39, 0.29) is 16.5 Å². The topological polar surface area (TPSA) is 82.3 Å². The van der Waals surface area contributed by atoms with Crippen LogP contribution in [0.5, 0.6) is 5.75 Å². The Morgan fingerprint density at radius 1 is 1.15 bits per heavy atom. The Morgan fingerprint density at radius 2 is 1.93 bits per heavy atom. The lowest BCUT2D eigenvalue weighted by atomic mass is 10.1. The highest BCUT2D eigenvalue weighted by Gasteiger charge is 2.15. The molecule has 0 spiro atoms. The third-order valence-electron chi connectivity index (χ3n) is 3.63. The number of nitrogens with zero attached hydrogens (tertiary/aromatic N) is 2. The average Bonchev–Trinajstić information content (AvgIpc) is 2.63. The van der Waals surface area contributed by atoms with Crippen molar-refractivity contribution in [1.29, 1.82) is 0 Å². The van der Waals surface area contributed by atoms with Gasteiger partial charge in [0.1, 0.15) is 5.52 Å². The van der Waals surface area contributed by atoms with Crippen molar-refractivity contribution in [3.05, 3.63) is 73.9 Å². The maximum atomic E-state index is 11.4. The molecule has 0 N–H and O–H groups in total. The smallest absolute Gasteiger partial charge is 0.308 e. The molecule has 0 aliphatic heterocycles. The Hall–Kier alpha value is -2.96. The number of non-ortho nitro benzene ring substituents is 1. The van der Waals surface area contributed by atoms with Crippen LogP contribution in [-0.4, -0.2) is 15.9 Å². The highest BCUT2D eigenvalue weighted by atomic mass is 35.5. The number of carbonyl (C=O) groups is 1. The maximum absolute atomic E-state index is 11.4. The molecule has 0 aliphatic carbocycles. The van der Waals surface area contributed by atoms with Gasteiger partial charge in [0.15, 0.2) is 5.75 Å². The number of ether oxygens (including phenoxy) is 1. The van der Waals surface area contributed by atoms with Crippen molar-refractivity contribution >= 4 is 57.9 Å². The number of rotatable bonds is 4. The van der Waals surface area contributed by atoms with Crippen LogP contribution in [0.4, 0.5) is 5.69 Å². The van der Waals surface area contributed by atoms with Gasteiger partial charge in [-0.2, -0.15) is 0 Å². The summed E-state index contributed by atoms with van der Waals surface area (Å²) in [5.74, 6) is -0.394. The van der Waals surface area contributed by atoms with Crippen LogP contribution in [0.15, 0.2) is 42.5 Å². The molecule has 0 bridgehead atoms. The van der Waals surface area contributed by atoms with Crippen molar-refractivity contribution in [3.8, 4) is 5.75 Å². The first-order valence-electron chi connectivity index (χ1n) is 7.75. The lowest BCUT2D eigenvalue weighted by Gasteiger charge is -2.10. The maximum Gasteiger partial charge on any atom is 0.308 e. The number of nitro groups is 1. The van der Waals surface area contributed by atoms with Crippen LogP contribution in [0, 0.1) is 10.1 Å². The number of carbonyl (C=O) groups excluding carboxylic acids is 1. The van der Waals surface area contributed by atoms with E-state index in [1.165, 1.54) is 25.1 Å². The zero-order valence-corrected chi connectivity index (χ0v) is 15.5. The highest BCUT2D eigenvalue weighted by molar-refractivity contribution is 6.39. The number of esters is 1. The van der Waals surface area contributed by atoms with E-state index in [0.717, 1.165) is 0 Å². The number of nitro benzene ring substituents is 1. The molecule has 8 heteroatoms. The molecular formula is C19H12Cl2N2O4. The Bertz CT molecular complexity index is 1100. The van der Waals surface area contributed by atoms with E-state index in [1.54, 1.807) is 36.4 Å². The SMILES string of the molecule is CC(=O)Oc1c(Cl)cc(Cl)c2ccc(/C=C/c3cccc([N+](=O)[O-])c3)nc12. The van der Waals surface area contributed by atoms with Gasteiger partial charge in [-0.3, -0.25) is 14.9 Å². The predicted octanol–water partition coefficient (Wildman–Crippen LogP) is 5.55. The highest BCUT2D eigenvalue weighted by Crippen LogP contribution is 2.37. The second-order valence-electron chi connectivity index (χ2n) is 5.58. The minimum absolute atomic E-state index is 0.000622. The molecule has 27 heavy (non-hydrogen) atoms. The molecule has 0 unspecified atom stereocenters. The van der Waals surface area contributed by atoms with Gasteiger partial charge in [-0.1, -0.05) is 41.4 Å². The summed E-state index contributed by atoms with van der Waals surface area (Å²) in [4.78, 5) is 26.2. The molecule has 0 saturated heterocycles. The fraction of sp³-hybridized carbons (Fsp3) is 0.0526. The minimum Gasteiger partial charge on any atom is -0.423 e. The number of pyridine rings is 1. The fourth-order valence-electron chi connectivity index (χ4n) is 2.46. The van der Waals surface area contributed by atoms with E-state index in [9.17, 15) is 14.9 Å². The van der Waals surface area contributed by atoms with E-state index in [4.69, 9.17) is 27.9 Å². The van der Waals surface area contributed by atoms with Crippen molar-refractivity contribution in [2.75, 3.05) is 0 Å². The summed E-state index contributed by atoms with van der Waals surface area (Å²) >= 11 is 12.3. The lowest BCUT2D eigenvalue weighted by Crippen LogP contribution is -2.03. The zero-order chi connectivity index (χ0) is 19.6. The normalized spacial score (nSPS) is 11.1. The van der Waals surface area contributed by atoms with E-state index < -0.39 is 10.9 Å². The van der Waals surface area contributed by atoms with E-state index in [0.29, 0.717) is 27.2 Å². The molecule has 0 radical (unpaired) electrons. The number of hydrogen-bond acceptors (Lipinski definition) is 5. The first-order chi connectivity index (χ1) is 12.8. The monoisotopic (exact) mass is 402 g/mol. The van der Waals surface area contributed by atoms with Crippen LogP contribution in [0.25, 0.3) is 23.1 Å². The van der Waals surface area contributed by atoms with Crippen LogP contribution >= 0.6 is 23.2 Å². The van der Waals surface area contributed by atoms with Gasteiger partial charge in [0.25, 0.3) is 5.69 Å². The molecule has 1 aromatic heterocycles. The minimum atomic E-state index is -0.528. The third kappa shape index (κ3) is 4.24. The van der Waals surface area contributed by atoms with E-state index in [1.807, 2.05) is 0 Å². The van der Waals surface area contributed by atoms with Gasteiger partial charge in [-0.05, 0) is 29.8 Å². The van der Waals surface area contributed by atoms with Gasteiger partial charge in [-0.15, -0.1) is 0 Å². The molecule has 0 saturated carbocycles. The molecule has 1 heterocycles. The van der Waals surface area contributed by atoms with Crippen molar-refractivity contribution < 1.29 is 14.5 Å². The fourth-order valence-corrected chi connectivity index (χ4v) is 3.02. The Kier molecular flexibility index (Phi) is 5.39. The number of hydrogen-bond donors (Lipinski definition) is 0. The Morgan fingerprint density at radius 3 is 2.63 bits per heavy atom. The summed E-state index contributed by atoms with van der Waals surface area (Å²) in [6, 6.07) is 11.2. The van der Waals surface area contributed by atoms with Crippen LogP contribution in [-0.2, 0) is 4.79 Å². The largest absolute Gasteiger partial charge is 0.423 e. The summed E-state index contributed by atoms with van der Waals surface area (Å²) in [5, 5.41) is 12.0. The van der Waals surface area contributed by atoms with Crippen LogP contribution in [0.1, 0.15) is 18.2 Å². The Balaban J connectivity index is 2.04. The quantitative estimate of drug-likeness (QED) is 0.247. The van der Waals surface area contributed by atoms with Crippen molar-refractivity contribution in [2.45, 2.75) is 6.92 Å². The molecule has 0 amide bonds. The molecule has 0 fully saturated rings. The van der Waals surface area contributed by atoms with E-state index >= 15 is 0 Å². The Labute approximate surface area is 164 Å². The van der Waals surface area contributed by atoms with Gasteiger partial charge < -0.3 is 4.74 Å². The third-order valence-corrected chi connectivity index (χ3v) is 4.23. The molecule has 0 aliphatic rings. The predicted molar refractivity (Wildman–Crippen MR) is 105 cm³/mol. The molecule has 6 nitrogen and oxygen atoms in total. The van der Waals surface area contributed by atoms with Crippen molar-refractivity contribution in [1.82, 2.24) is 4.98 Å². The molecular weight excluding hydrogens is 391 g/mol. The van der Waals surface area contributed by atoms with E-state index in [2.05, 4.69) is 4.98 Å². The van der Waals surface area contributed by atoms with Gasteiger partial charge in [0.2, 0.25) is 0 Å². The number of fused-ring (bicyclic) bond motifs is 1. The second kappa shape index (κ2) is 7.73.